The van der Waals surface area contributed by atoms with E-state index in [1.165, 1.54) is 11.1 Å². The lowest BCUT2D eigenvalue weighted by atomic mass is 9.79. The number of anilines is 3. The molecule has 0 amide bonds. The highest BCUT2D eigenvalue weighted by Crippen LogP contribution is 2.42. The van der Waals surface area contributed by atoms with Crippen LogP contribution >= 0.6 is 0 Å². The maximum absolute atomic E-state index is 6.49. The summed E-state index contributed by atoms with van der Waals surface area (Å²) < 4.78 is 19.3. The zero-order chi connectivity index (χ0) is 28.2. The number of fused-ring (bicyclic) bond motifs is 3. The van der Waals surface area contributed by atoms with E-state index in [2.05, 4.69) is 136 Å². The molecule has 1 fully saturated rings. The lowest BCUT2D eigenvalue weighted by Crippen LogP contribution is -2.41. The Morgan fingerprint density at radius 2 is 1.20 bits per heavy atom. The van der Waals surface area contributed by atoms with Crippen molar-refractivity contribution in [1.29, 1.82) is 0 Å². The maximum atomic E-state index is 6.49. The third kappa shape index (κ3) is 4.42. The average Bonchev–Trinajstić information content (AvgIpc) is 3.47. The van der Waals surface area contributed by atoms with Gasteiger partial charge in [-0.25, -0.2) is 0 Å². The monoisotopic (exact) mass is 537 g/mol. The topological polar surface area (TPSA) is 34.8 Å². The molecular formula is C36H32BNO3. The predicted molar refractivity (Wildman–Crippen MR) is 170 cm³/mol. The van der Waals surface area contributed by atoms with Gasteiger partial charge in [0.1, 0.15) is 5.58 Å². The van der Waals surface area contributed by atoms with E-state index < -0.39 is 18.3 Å². The van der Waals surface area contributed by atoms with Crippen molar-refractivity contribution in [1.82, 2.24) is 0 Å². The van der Waals surface area contributed by atoms with Gasteiger partial charge in [-0.05, 0) is 80.7 Å². The van der Waals surface area contributed by atoms with E-state index in [4.69, 9.17) is 13.7 Å². The summed E-state index contributed by atoms with van der Waals surface area (Å²) in [6.07, 6.45) is 0. The zero-order valence-electron chi connectivity index (χ0n) is 23.8. The van der Waals surface area contributed by atoms with Crippen molar-refractivity contribution in [2.45, 2.75) is 38.9 Å². The molecule has 0 aliphatic carbocycles. The SMILES string of the molecule is CC1(C)OB(c2cccc(N(c3ccc(-c4ccccc4)cc3)c3cccc4c3oc3ccccc34)c2)OC1(C)C. The Kier molecular flexibility index (Phi) is 6.04. The molecule has 0 radical (unpaired) electrons. The number of furan rings is 1. The van der Waals surface area contributed by atoms with E-state index in [9.17, 15) is 0 Å². The van der Waals surface area contributed by atoms with E-state index in [1.807, 2.05) is 18.2 Å². The molecule has 7 rings (SSSR count). The van der Waals surface area contributed by atoms with Crippen LogP contribution in [-0.4, -0.2) is 18.3 Å². The fourth-order valence-corrected chi connectivity index (χ4v) is 5.56. The fourth-order valence-electron chi connectivity index (χ4n) is 5.56. The predicted octanol–water partition coefficient (Wildman–Crippen LogP) is 9.02. The fraction of sp³-hybridized carbons (Fsp3) is 0.167. The number of hydrogen-bond acceptors (Lipinski definition) is 4. The van der Waals surface area contributed by atoms with Gasteiger partial charge in [-0.1, -0.05) is 84.9 Å². The number of hydrogen-bond donors (Lipinski definition) is 0. The van der Waals surface area contributed by atoms with Crippen LogP contribution in [0.25, 0.3) is 33.1 Å². The summed E-state index contributed by atoms with van der Waals surface area (Å²) in [5, 5.41) is 2.20. The number of nitrogens with zero attached hydrogens (tertiary/aromatic N) is 1. The second-order valence-corrected chi connectivity index (χ2v) is 11.7. The first kappa shape index (κ1) is 25.6. The van der Waals surface area contributed by atoms with Crippen LogP contribution in [-0.2, 0) is 9.31 Å². The zero-order valence-corrected chi connectivity index (χ0v) is 23.8. The molecule has 1 saturated heterocycles. The third-order valence-electron chi connectivity index (χ3n) is 8.51. The Morgan fingerprint density at radius 1 is 0.561 bits per heavy atom. The van der Waals surface area contributed by atoms with E-state index >= 15 is 0 Å². The quantitative estimate of drug-likeness (QED) is 0.206. The van der Waals surface area contributed by atoms with Crippen molar-refractivity contribution in [3.8, 4) is 11.1 Å². The summed E-state index contributed by atoms with van der Waals surface area (Å²) in [6.45, 7) is 8.33. The van der Waals surface area contributed by atoms with E-state index in [0.717, 1.165) is 44.5 Å². The van der Waals surface area contributed by atoms with E-state index in [0.29, 0.717) is 0 Å². The van der Waals surface area contributed by atoms with Gasteiger partial charge in [0.25, 0.3) is 0 Å². The normalized spacial score (nSPS) is 16.0. The first-order valence-corrected chi connectivity index (χ1v) is 14.1. The van der Waals surface area contributed by atoms with Gasteiger partial charge in [-0.2, -0.15) is 0 Å². The standard InChI is InChI=1S/C36H32BNO3/c1-35(2)36(3,4)41-37(40-35)27-14-10-15-29(24-27)38(28-22-20-26(21-23-28)25-12-6-5-7-13-25)32-18-11-17-31-30-16-8-9-19-33(30)39-34(31)32/h5-24H,1-4H3. The molecule has 4 nitrogen and oxygen atoms in total. The molecule has 0 N–H and O–H groups in total. The highest BCUT2D eigenvalue weighted by Gasteiger charge is 2.51. The molecule has 1 aromatic heterocycles. The van der Waals surface area contributed by atoms with Crippen LogP contribution < -0.4 is 10.4 Å². The average molecular weight is 537 g/mol. The Morgan fingerprint density at radius 3 is 1.95 bits per heavy atom. The Hall–Kier alpha value is -4.32. The molecule has 5 aromatic carbocycles. The van der Waals surface area contributed by atoms with E-state index in [1.54, 1.807) is 0 Å². The molecule has 5 heteroatoms. The van der Waals surface area contributed by atoms with E-state index in [-0.39, 0.29) is 0 Å². The van der Waals surface area contributed by atoms with Gasteiger partial charge in [0.05, 0.1) is 16.9 Å². The third-order valence-corrected chi connectivity index (χ3v) is 8.51. The lowest BCUT2D eigenvalue weighted by Gasteiger charge is -2.32. The molecule has 0 atom stereocenters. The van der Waals surface area contributed by atoms with Gasteiger partial charge in [-0.3, -0.25) is 0 Å². The summed E-state index contributed by atoms with van der Waals surface area (Å²) in [5.74, 6) is 0. The lowest BCUT2D eigenvalue weighted by molar-refractivity contribution is 0.00578. The second-order valence-electron chi connectivity index (χ2n) is 11.7. The van der Waals surface area contributed by atoms with Gasteiger partial charge in [0.2, 0.25) is 0 Å². The van der Waals surface area contributed by atoms with Crippen molar-refractivity contribution in [2.24, 2.45) is 0 Å². The number of para-hydroxylation sites is 2. The van der Waals surface area contributed by atoms with Gasteiger partial charge < -0.3 is 18.6 Å². The van der Waals surface area contributed by atoms with Crippen LogP contribution in [0, 0.1) is 0 Å². The molecular weight excluding hydrogens is 505 g/mol. The Balaban J connectivity index is 1.38. The van der Waals surface area contributed by atoms with Gasteiger partial charge >= 0.3 is 7.12 Å². The summed E-state index contributed by atoms with van der Waals surface area (Å²) in [4.78, 5) is 2.26. The largest absolute Gasteiger partial charge is 0.494 e. The minimum absolute atomic E-state index is 0.416. The van der Waals surface area contributed by atoms with Gasteiger partial charge in [0.15, 0.2) is 5.58 Å². The first-order chi connectivity index (χ1) is 19.8. The Labute approximate surface area is 241 Å². The number of rotatable bonds is 5. The molecule has 0 bridgehead atoms. The van der Waals surface area contributed by atoms with Crippen molar-refractivity contribution in [3.63, 3.8) is 0 Å². The van der Waals surface area contributed by atoms with Crippen LogP contribution in [0.4, 0.5) is 17.1 Å². The van der Waals surface area contributed by atoms with Crippen LogP contribution in [0.15, 0.2) is 126 Å². The number of benzene rings is 5. The summed E-state index contributed by atoms with van der Waals surface area (Å²) >= 11 is 0. The smallest absolute Gasteiger partial charge is 0.454 e. The van der Waals surface area contributed by atoms with Crippen LogP contribution in [0.5, 0.6) is 0 Å². The highest BCUT2D eigenvalue weighted by atomic mass is 16.7. The van der Waals surface area contributed by atoms with Crippen molar-refractivity contribution in [2.75, 3.05) is 4.90 Å². The van der Waals surface area contributed by atoms with Crippen molar-refractivity contribution in [3.05, 3.63) is 121 Å². The van der Waals surface area contributed by atoms with Gasteiger partial charge in [0, 0.05) is 22.1 Å². The summed E-state index contributed by atoms with van der Waals surface area (Å²) in [7, 11) is -0.454. The van der Waals surface area contributed by atoms with Gasteiger partial charge in [-0.15, -0.1) is 0 Å². The molecule has 0 saturated carbocycles. The van der Waals surface area contributed by atoms with Crippen molar-refractivity contribution >= 4 is 51.6 Å². The first-order valence-electron chi connectivity index (χ1n) is 14.1. The van der Waals surface area contributed by atoms with Crippen LogP contribution in [0.3, 0.4) is 0 Å². The highest BCUT2D eigenvalue weighted by molar-refractivity contribution is 6.62. The molecule has 0 unspecified atom stereocenters. The summed E-state index contributed by atoms with van der Waals surface area (Å²) in [6, 6.07) is 42.1. The minimum Gasteiger partial charge on any atom is -0.454 e. The van der Waals surface area contributed by atoms with Crippen LogP contribution in [0.2, 0.25) is 0 Å². The molecule has 2 heterocycles. The molecule has 6 aromatic rings. The minimum atomic E-state index is -0.454. The van der Waals surface area contributed by atoms with Crippen LogP contribution in [0.1, 0.15) is 27.7 Å². The molecule has 202 valence electrons. The molecule has 41 heavy (non-hydrogen) atoms. The Bertz CT molecular complexity index is 1840. The maximum Gasteiger partial charge on any atom is 0.494 e. The molecule has 1 aliphatic heterocycles. The molecule has 0 spiro atoms. The molecule has 1 aliphatic rings. The second kappa shape index (κ2) is 9.65. The summed E-state index contributed by atoms with van der Waals surface area (Å²) in [5.41, 5.74) is 7.22. The van der Waals surface area contributed by atoms with Crippen molar-refractivity contribution < 1.29 is 13.7 Å².